The molecule has 0 spiro atoms. The van der Waals surface area contributed by atoms with E-state index in [4.69, 9.17) is 20.8 Å². The first kappa shape index (κ1) is 19.3. The Morgan fingerprint density at radius 1 is 1.13 bits per heavy atom. The lowest BCUT2D eigenvalue weighted by atomic mass is 9.98. The van der Waals surface area contributed by atoms with Crippen LogP contribution in [0.1, 0.15) is 34.1 Å². The summed E-state index contributed by atoms with van der Waals surface area (Å²) in [6.07, 6.45) is 1.98. The monoisotopic (exact) mass is 431 g/mol. The van der Waals surface area contributed by atoms with E-state index in [2.05, 4.69) is 10.1 Å². The Kier molecular flexibility index (Phi) is 4.92. The molecule has 2 aromatic carbocycles. The zero-order chi connectivity index (χ0) is 21.4. The summed E-state index contributed by atoms with van der Waals surface area (Å²) in [6, 6.07) is 20.2. The SMILES string of the molecule is COc1ccc2nc(Cl)c(C3CC(c4ccccc4)=NN3C(=O)c3ccco3)cc2c1. The highest BCUT2D eigenvalue weighted by Gasteiger charge is 2.36. The van der Waals surface area contributed by atoms with Crippen molar-refractivity contribution in [2.24, 2.45) is 5.10 Å². The van der Waals surface area contributed by atoms with E-state index in [0.29, 0.717) is 11.6 Å². The third-order valence-electron chi connectivity index (χ3n) is 5.32. The predicted octanol–water partition coefficient (Wildman–Crippen LogP) is 5.48. The van der Waals surface area contributed by atoms with E-state index < -0.39 is 6.04 Å². The molecule has 2 aromatic heterocycles. The van der Waals surface area contributed by atoms with Crippen LogP contribution in [0, 0.1) is 0 Å². The molecule has 1 amide bonds. The van der Waals surface area contributed by atoms with Crippen LogP contribution in [0.2, 0.25) is 5.15 Å². The van der Waals surface area contributed by atoms with Gasteiger partial charge in [0.1, 0.15) is 10.9 Å². The highest BCUT2D eigenvalue weighted by Crippen LogP contribution is 2.38. The minimum atomic E-state index is -0.414. The Morgan fingerprint density at radius 3 is 2.71 bits per heavy atom. The van der Waals surface area contributed by atoms with Crippen molar-refractivity contribution >= 4 is 34.1 Å². The maximum absolute atomic E-state index is 13.2. The molecule has 31 heavy (non-hydrogen) atoms. The molecule has 1 atom stereocenters. The van der Waals surface area contributed by atoms with Gasteiger partial charge in [-0.15, -0.1) is 0 Å². The third-order valence-corrected chi connectivity index (χ3v) is 5.62. The van der Waals surface area contributed by atoms with Gasteiger partial charge in [0.05, 0.1) is 30.6 Å². The van der Waals surface area contributed by atoms with Crippen LogP contribution in [-0.4, -0.2) is 28.7 Å². The number of aromatic nitrogens is 1. The summed E-state index contributed by atoms with van der Waals surface area (Å²) in [5, 5.41) is 7.31. The molecule has 1 unspecified atom stereocenters. The average Bonchev–Trinajstić information content (AvgIpc) is 3.49. The van der Waals surface area contributed by atoms with Crippen molar-refractivity contribution in [3.8, 4) is 5.75 Å². The van der Waals surface area contributed by atoms with Gasteiger partial charge in [0.25, 0.3) is 0 Å². The largest absolute Gasteiger partial charge is 0.497 e. The lowest BCUT2D eigenvalue weighted by Gasteiger charge is -2.22. The Morgan fingerprint density at radius 2 is 1.97 bits per heavy atom. The molecule has 3 heterocycles. The van der Waals surface area contributed by atoms with Crippen LogP contribution in [0.25, 0.3) is 10.9 Å². The summed E-state index contributed by atoms with van der Waals surface area (Å²) in [4.78, 5) is 17.7. The minimum Gasteiger partial charge on any atom is -0.497 e. The molecule has 7 heteroatoms. The van der Waals surface area contributed by atoms with Crippen molar-refractivity contribution in [2.75, 3.05) is 7.11 Å². The van der Waals surface area contributed by atoms with E-state index >= 15 is 0 Å². The number of hydrazone groups is 1. The van der Waals surface area contributed by atoms with Crippen LogP contribution in [0.4, 0.5) is 0 Å². The standard InChI is InChI=1S/C24H18ClN3O3/c1-30-17-9-10-19-16(12-17)13-18(23(25)26-19)21-14-20(15-6-3-2-4-7-15)27-28(21)24(29)22-8-5-11-31-22/h2-13,21H,14H2,1H3. The number of pyridine rings is 1. The number of amides is 1. The number of hydrogen-bond acceptors (Lipinski definition) is 5. The summed E-state index contributed by atoms with van der Waals surface area (Å²) in [7, 11) is 1.62. The fraction of sp³-hybridized carbons (Fsp3) is 0.125. The Hall–Kier alpha value is -3.64. The molecule has 0 N–H and O–H groups in total. The summed E-state index contributed by atoms with van der Waals surface area (Å²) in [5.41, 5.74) is 3.22. The number of halogens is 1. The van der Waals surface area contributed by atoms with Crippen LogP contribution >= 0.6 is 11.6 Å². The van der Waals surface area contributed by atoms with Crippen molar-refractivity contribution < 1.29 is 13.9 Å². The number of rotatable bonds is 4. The highest BCUT2D eigenvalue weighted by atomic mass is 35.5. The van der Waals surface area contributed by atoms with Crippen molar-refractivity contribution in [3.63, 3.8) is 0 Å². The van der Waals surface area contributed by atoms with Crippen LogP contribution < -0.4 is 4.74 Å². The van der Waals surface area contributed by atoms with Gasteiger partial charge in [-0.1, -0.05) is 41.9 Å². The van der Waals surface area contributed by atoms with E-state index in [0.717, 1.165) is 33.5 Å². The van der Waals surface area contributed by atoms with E-state index in [9.17, 15) is 4.79 Å². The first-order valence-corrected chi connectivity index (χ1v) is 10.2. The summed E-state index contributed by atoms with van der Waals surface area (Å²) >= 11 is 6.59. The number of carbonyl (C=O) groups is 1. The second-order valence-corrected chi connectivity index (χ2v) is 7.54. The molecule has 0 saturated carbocycles. The molecular formula is C24H18ClN3O3. The minimum absolute atomic E-state index is 0.217. The van der Waals surface area contributed by atoms with E-state index in [-0.39, 0.29) is 11.7 Å². The molecule has 0 bridgehead atoms. The van der Waals surface area contributed by atoms with Gasteiger partial charge in [0.15, 0.2) is 5.76 Å². The number of carbonyl (C=O) groups excluding carboxylic acids is 1. The number of hydrogen-bond donors (Lipinski definition) is 0. The number of benzene rings is 2. The number of methoxy groups -OCH3 is 1. The smallest absolute Gasteiger partial charge is 0.310 e. The molecule has 5 rings (SSSR count). The van der Waals surface area contributed by atoms with Gasteiger partial charge >= 0.3 is 5.91 Å². The Bertz CT molecular complexity index is 1290. The first-order chi connectivity index (χ1) is 15.1. The topological polar surface area (TPSA) is 67.9 Å². The zero-order valence-electron chi connectivity index (χ0n) is 16.7. The highest BCUT2D eigenvalue weighted by molar-refractivity contribution is 6.30. The van der Waals surface area contributed by atoms with Gasteiger partial charge in [-0.2, -0.15) is 5.10 Å². The van der Waals surface area contributed by atoms with Gasteiger partial charge < -0.3 is 9.15 Å². The van der Waals surface area contributed by atoms with Gasteiger partial charge in [0, 0.05) is 17.4 Å². The molecule has 0 aliphatic carbocycles. The van der Waals surface area contributed by atoms with E-state index in [1.54, 1.807) is 19.2 Å². The molecule has 0 saturated heterocycles. The van der Waals surface area contributed by atoms with Crippen LogP contribution in [0.3, 0.4) is 0 Å². The molecule has 4 aromatic rings. The van der Waals surface area contributed by atoms with Gasteiger partial charge in [-0.25, -0.2) is 9.99 Å². The second kappa shape index (κ2) is 7.89. The maximum atomic E-state index is 13.2. The average molecular weight is 432 g/mol. The van der Waals surface area contributed by atoms with Crippen molar-refractivity contribution in [1.82, 2.24) is 9.99 Å². The first-order valence-electron chi connectivity index (χ1n) is 9.78. The van der Waals surface area contributed by atoms with Crippen LogP contribution in [0.15, 0.2) is 82.5 Å². The Balaban J connectivity index is 1.61. The number of ether oxygens (including phenoxy) is 1. The van der Waals surface area contributed by atoms with Gasteiger partial charge in [-0.05, 0) is 42.0 Å². The molecular weight excluding hydrogens is 414 g/mol. The summed E-state index contributed by atoms with van der Waals surface area (Å²) in [5.74, 6) is 0.607. The van der Waals surface area contributed by atoms with Crippen molar-refractivity contribution in [1.29, 1.82) is 0 Å². The lowest BCUT2D eigenvalue weighted by Crippen LogP contribution is -2.27. The predicted molar refractivity (Wildman–Crippen MR) is 119 cm³/mol. The lowest BCUT2D eigenvalue weighted by molar-refractivity contribution is 0.0678. The number of nitrogens with zero attached hydrogens (tertiary/aromatic N) is 3. The molecule has 1 aliphatic heterocycles. The van der Waals surface area contributed by atoms with Crippen LogP contribution in [0.5, 0.6) is 5.75 Å². The normalized spacial score (nSPS) is 15.9. The van der Waals surface area contributed by atoms with Gasteiger partial charge in [-0.3, -0.25) is 4.79 Å². The maximum Gasteiger partial charge on any atom is 0.310 e. The fourth-order valence-corrected chi connectivity index (χ4v) is 4.04. The van der Waals surface area contributed by atoms with Crippen LogP contribution in [-0.2, 0) is 0 Å². The van der Waals surface area contributed by atoms with Crippen molar-refractivity contribution in [3.05, 3.63) is 95.0 Å². The quantitative estimate of drug-likeness (QED) is 0.401. The molecule has 6 nitrogen and oxygen atoms in total. The Labute approximate surface area is 183 Å². The zero-order valence-corrected chi connectivity index (χ0v) is 17.4. The molecule has 154 valence electrons. The number of furan rings is 1. The third kappa shape index (κ3) is 3.55. The number of fused-ring (bicyclic) bond motifs is 1. The molecule has 0 radical (unpaired) electrons. The van der Waals surface area contributed by atoms with Gasteiger partial charge in [0.2, 0.25) is 0 Å². The van der Waals surface area contributed by atoms with E-state index in [1.807, 2.05) is 54.6 Å². The second-order valence-electron chi connectivity index (χ2n) is 7.19. The van der Waals surface area contributed by atoms with E-state index in [1.165, 1.54) is 11.3 Å². The summed E-state index contributed by atoms with van der Waals surface area (Å²) in [6.45, 7) is 0. The fourth-order valence-electron chi connectivity index (χ4n) is 3.77. The van der Waals surface area contributed by atoms with Crippen molar-refractivity contribution in [2.45, 2.75) is 12.5 Å². The molecule has 0 fully saturated rings. The summed E-state index contributed by atoms with van der Waals surface area (Å²) < 4.78 is 10.7. The molecule has 1 aliphatic rings.